The molecule has 0 amide bonds. The summed E-state index contributed by atoms with van der Waals surface area (Å²) in [5, 5.41) is 0. The summed E-state index contributed by atoms with van der Waals surface area (Å²) in [7, 11) is 2.73. The third-order valence-electron chi connectivity index (χ3n) is 4.90. The molecule has 0 fully saturated rings. The number of methoxy groups -OCH3 is 2. The Morgan fingerprint density at radius 1 is 0.607 bits per heavy atom. The van der Waals surface area contributed by atoms with Gasteiger partial charge in [-0.3, -0.25) is 0 Å². The Bertz CT molecular complexity index is 1130. The molecule has 4 rings (SSSR count). The molecule has 0 unspecified atom stereocenters. The lowest BCUT2D eigenvalue weighted by Gasteiger charge is -2.05. The van der Waals surface area contributed by atoms with Gasteiger partial charge in [0.25, 0.3) is 0 Å². The molecule has 0 saturated carbocycles. The van der Waals surface area contributed by atoms with E-state index in [0.717, 1.165) is 33.4 Å². The molecule has 138 valence electrons. The number of rotatable bonds is 3. The van der Waals surface area contributed by atoms with Crippen LogP contribution < -0.4 is 0 Å². The van der Waals surface area contributed by atoms with E-state index in [2.05, 4.69) is 0 Å². The van der Waals surface area contributed by atoms with E-state index in [0.29, 0.717) is 11.1 Å². The van der Waals surface area contributed by atoms with Gasteiger partial charge in [-0.25, -0.2) is 9.59 Å². The monoisotopic (exact) mass is 370 g/mol. The molecule has 0 aromatic carbocycles. The van der Waals surface area contributed by atoms with Gasteiger partial charge in [-0.2, -0.15) is 0 Å². The van der Waals surface area contributed by atoms with Crippen LogP contribution in [0.15, 0.2) is 72.8 Å². The summed E-state index contributed by atoms with van der Waals surface area (Å²) in [5.74, 6) is -0.824. The van der Waals surface area contributed by atoms with E-state index < -0.39 is 11.9 Å². The Balaban J connectivity index is 2.07. The maximum Gasteiger partial charge on any atom is 0.339 e. The lowest BCUT2D eigenvalue weighted by Crippen LogP contribution is -2.02. The van der Waals surface area contributed by atoms with Crippen molar-refractivity contribution in [1.29, 1.82) is 0 Å². The van der Waals surface area contributed by atoms with Crippen molar-refractivity contribution in [3.05, 3.63) is 83.9 Å². The Labute approximate surface area is 163 Å². The first kappa shape index (κ1) is 17.7. The van der Waals surface area contributed by atoms with Crippen LogP contribution in [-0.4, -0.2) is 26.2 Å². The largest absolute Gasteiger partial charge is 0.465 e. The molecule has 4 aliphatic rings. The number of fused-ring (bicyclic) bond motifs is 2. The van der Waals surface area contributed by atoms with E-state index in [1.54, 1.807) is 6.07 Å². The molecule has 0 spiro atoms. The zero-order chi connectivity index (χ0) is 19.7. The number of hydrogen-bond donors (Lipinski definition) is 0. The van der Waals surface area contributed by atoms with Crippen LogP contribution in [0.1, 0.15) is 20.7 Å². The van der Waals surface area contributed by atoms with E-state index in [-0.39, 0.29) is 0 Å². The van der Waals surface area contributed by atoms with Crippen LogP contribution in [0.2, 0.25) is 0 Å². The first-order valence-corrected chi connectivity index (χ1v) is 8.86. The second-order valence-corrected chi connectivity index (χ2v) is 6.41. The minimum Gasteiger partial charge on any atom is -0.465 e. The van der Waals surface area contributed by atoms with Gasteiger partial charge in [-0.1, -0.05) is 60.7 Å². The zero-order valence-electron chi connectivity index (χ0n) is 15.6. The Hall–Kier alpha value is -3.66. The third kappa shape index (κ3) is 2.79. The SMILES string of the molecule is COC(=O)c1cc(-c2cc3cccccc-3c2C(=O)OC)c2cccccc1-2. The lowest BCUT2D eigenvalue weighted by atomic mass is 10.0. The summed E-state index contributed by atoms with van der Waals surface area (Å²) >= 11 is 0. The molecule has 28 heavy (non-hydrogen) atoms. The smallest absolute Gasteiger partial charge is 0.339 e. The van der Waals surface area contributed by atoms with Crippen molar-refractivity contribution in [3.63, 3.8) is 0 Å². The van der Waals surface area contributed by atoms with Gasteiger partial charge in [0.2, 0.25) is 0 Å². The highest BCUT2D eigenvalue weighted by Gasteiger charge is 2.28. The molecule has 0 saturated heterocycles. The molecule has 0 bridgehead atoms. The van der Waals surface area contributed by atoms with Crippen molar-refractivity contribution in [2.45, 2.75) is 0 Å². The topological polar surface area (TPSA) is 52.6 Å². The van der Waals surface area contributed by atoms with E-state index in [1.807, 2.05) is 66.7 Å². The van der Waals surface area contributed by atoms with Crippen LogP contribution in [0, 0.1) is 0 Å². The van der Waals surface area contributed by atoms with Crippen molar-refractivity contribution in [2.24, 2.45) is 0 Å². The molecule has 4 nitrogen and oxygen atoms in total. The third-order valence-corrected chi connectivity index (χ3v) is 4.90. The summed E-state index contributed by atoms with van der Waals surface area (Å²) < 4.78 is 10.0. The van der Waals surface area contributed by atoms with Crippen molar-refractivity contribution in [1.82, 2.24) is 0 Å². The van der Waals surface area contributed by atoms with Crippen molar-refractivity contribution in [3.8, 4) is 33.4 Å². The highest BCUT2D eigenvalue weighted by atomic mass is 16.5. The second kappa shape index (κ2) is 7.16. The van der Waals surface area contributed by atoms with Gasteiger partial charge in [0.15, 0.2) is 0 Å². The fraction of sp³-hybridized carbons (Fsp3) is 0.0833. The van der Waals surface area contributed by atoms with Crippen LogP contribution in [0.5, 0.6) is 0 Å². The van der Waals surface area contributed by atoms with Crippen LogP contribution in [0.25, 0.3) is 33.4 Å². The van der Waals surface area contributed by atoms with Crippen LogP contribution in [0.4, 0.5) is 0 Å². The van der Waals surface area contributed by atoms with Crippen molar-refractivity contribution in [2.75, 3.05) is 14.2 Å². The van der Waals surface area contributed by atoms with Crippen LogP contribution >= 0.6 is 0 Å². The second-order valence-electron chi connectivity index (χ2n) is 6.41. The number of esters is 2. The van der Waals surface area contributed by atoms with E-state index in [9.17, 15) is 9.59 Å². The predicted octanol–water partition coefficient (Wildman–Crippen LogP) is 5.14. The summed E-state index contributed by atoms with van der Waals surface area (Å²) in [6.45, 7) is 0. The van der Waals surface area contributed by atoms with Gasteiger partial charge in [-0.15, -0.1) is 0 Å². The predicted molar refractivity (Wildman–Crippen MR) is 108 cm³/mol. The van der Waals surface area contributed by atoms with Gasteiger partial charge < -0.3 is 9.47 Å². The highest BCUT2D eigenvalue weighted by molar-refractivity contribution is 6.11. The molecule has 0 aromatic rings. The Kier molecular flexibility index (Phi) is 4.53. The lowest BCUT2D eigenvalue weighted by molar-refractivity contribution is 0.0594. The average molecular weight is 370 g/mol. The van der Waals surface area contributed by atoms with Crippen molar-refractivity contribution < 1.29 is 19.1 Å². The molecule has 0 heterocycles. The number of carbonyl (C=O) groups is 2. The standard InChI is InChI=1S/C24H18O4/c1-27-23(25)21-14-19(17-11-7-4-8-12-18(17)21)20-13-15-9-5-3-6-10-16(15)22(20)24(26)28-2/h3-14H,1-2H3. The summed E-state index contributed by atoms with van der Waals surface area (Å²) in [6, 6.07) is 22.8. The first-order valence-electron chi connectivity index (χ1n) is 8.86. The summed E-state index contributed by atoms with van der Waals surface area (Å²) in [5.41, 5.74) is 5.87. The maximum atomic E-state index is 12.7. The quantitative estimate of drug-likeness (QED) is 0.469. The van der Waals surface area contributed by atoms with E-state index in [1.165, 1.54) is 14.2 Å². The summed E-state index contributed by atoms with van der Waals surface area (Å²) in [6.07, 6.45) is 0. The molecular formula is C24H18O4. The van der Waals surface area contributed by atoms with Crippen LogP contribution in [0.3, 0.4) is 0 Å². The van der Waals surface area contributed by atoms with Gasteiger partial charge >= 0.3 is 11.9 Å². The normalized spacial score (nSPS) is 10.8. The molecule has 0 aromatic heterocycles. The van der Waals surface area contributed by atoms with Gasteiger partial charge in [0.1, 0.15) is 0 Å². The number of ether oxygens (including phenoxy) is 2. The fourth-order valence-electron chi connectivity index (χ4n) is 3.64. The molecule has 0 N–H and O–H groups in total. The van der Waals surface area contributed by atoms with Gasteiger partial charge in [0, 0.05) is 0 Å². The van der Waals surface area contributed by atoms with Gasteiger partial charge in [0.05, 0.1) is 25.3 Å². The Morgan fingerprint density at radius 2 is 1.21 bits per heavy atom. The average Bonchev–Trinajstić information content (AvgIpc) is 3.02. The Morgan fingerprint density at radius 3 is 1.89 bits per heavy atom. The molecular weight excluding hydrogens is 352 g/mol. The van der Waals surface area contributed by atoms with Crippen molar-refractivity contribution >= 4 is 11.9 Å². The minimum absolute atomic E-state index is 0.412. The van der Waals surface area contributed by atoms with Gasteiger partial charge in [-0.05, 0) is 45.5 Å². The highest BCUT2D eigenvalue weighted by Crippen LogP contribution is 2.45. The maximum absolute atomic E-state index is 12.7. The summed E-state index contributed by atoms with van der Waals surface area (Å²) in [4.78, 5) is 25.0. The molecule has 0 aliphatic heterocycles. The fourth-order valence-corrected chi connectivity index (χ4v) is 3.64. The van der Waals surface area contributed by atoms with Crippen LogP contribution in [-0.2, 0) is 9.47 Å². The van der Waals surface area contributed by atoms with E-state index in [4.69, 9.17) is 9.47 Å². The molecule has 0 atom stereocenters. The minimum atomic E-state index is -0.412. The molecule has 4 heteroatoms. The molecule has 0 radical (unpaired) electrons. The first-order chi connectivity index (χ1) is 13.7. The number of carbonyl (C=O) groups excluding carboxylic acids is 2. The van der Waals surface area contributed by atoms with E-state index >= 15 is 0 Å². The number of hydrogen-bond acceptors (Lipinski definition) is 4. The molecule has 4 aliphatic carbocycles. The zero-order valence-corrected chi connectivity index (χ0v) is 15.6.